The van der Waals surface area contributed by atoms with Crippen molar-refractivity contribution >= 4 is 12.1 Å². The molecule has 0 aliphatic rings. The summed E-state index contributed by atoms with van der Waals surface area (Å²) in [6.45, 7) is 6.19. The highest BCUT2D eigenvalue weighted by atomic mass is 16.5. The SMILES string of the molecule is CC(C)COC(=O)NCCC(C)C(=O)O. The smallest absolute Gasteiger partial charge is 0.407 e. The van der Waals surface area contributed by atoms with Gasteiger partial charge in [-0.15, -0.1) is 0 Å². The highest BCUT2D eigenvalue weighted by molar-refractivity contribution is 5.70. The molecular weight excluding hydrogens is 198 g/mol. The van der Waals surface area contributed by atoms with Gasteiger partial charge < -0.3 is 15.2 Å². The Balaban J connectivity index is 3.51. The summed E-state index contributed by atoms with van der Waals surface area (Å²) < 4.78 is 4.85. The first-order valence-corrected chi connectivity index (χ1v) is 5.07. The van der Waals surface area contributed by atoms with E-state index in [0.717, 1.165) is 0 Å². The maximum absolute atomic E-state index is 11.0. The van der Waals surface area contributed by atoms with Gasteiger partial charge in [0.1, 0.15) is 0 Å². The number of rotatable bonds is 6. The molecule has 1 unspecified atom stereocenters. The van der Waals surface area contributed by atoms with Gasteiger partial charge in [0.2, 0.25) is 0 Å². The number of carboxylic acid groups (broad SMARTS) is 1. The van der Waals surface area contributed by atoms with E-state index >= 15 is 0 Å². The molecule has 5 heteroatoms. The first-order chi connectivity index (χ1) is 6.93. The molecule has 0 rings (SSSR count). The standard InChI is InChI=1S/C10H19NO4/c1-7(2)6-15-10(14)11-5-4-8(3)9(12)13/h7-8H,4-6H2,1-3H3,(H,11,14)(H,12,13). The Hall–Kier alpha value is -1.26. The molecule has 2 N–H and O–H groups in total. The largest absolute Gasteiger partial charge is 0.481 e. The first kappa shape index (κ1) is 13.7. The summed E-state index contributed by atoms with van der Waals surface area (Å²) in [6, 6.07) is 0. The van der Waals surface area contributed by atoms with Crippen molar-refractivity contribution in [1.82, 2.24) is 5.32 Å². The number of ether oxygens (including phenoxy) is 1. The molecular formula is C10H19NO4. The van der Waals surface area contributed by atoms with Crippen LogP contribution < -0.4 is 5.32 Å². The molecule has 88 valence electrons. The molecule has 0 saturated heterocycles. The highest BCUT2D eigenvalue weighted by Gasteiger charge is 2.11. The third kappa shape index (κ3) is 7.78. The Morgan fingerprint density at radius 1 is 1.33 bits per heavy atom. The lowest BCUT2D eigenvalue weighted by atomic mass is 10.1. The van der Waals surface area contributed by atoms with E-state index in [1.54, 1.807) is 6.92 Å². The number of aliphatic carboxylic acids is 1. The average Bonchev–Trinajstić information content (AvgIpc) is 2.14. The molecule has 0 aromatic rings. The molecule has 0 aromatic carbocycles. The van der Waals surface area contributed by atoms with Crippen molar-refractivity contribution in [3.05, 3.63) is 0 Å². The lowest BCUT2D eigenvalue weighted by Gasteiger charge is -2.09. The maximum Gasteiger partial charge on any atom is 0.407 e. The molecule has 15 heavy (non-hydrogen) atoms. The minimum atomic E-state index is -0.854. The van der Waals surface area contributed by atoms with Crippen molar-refractivity contribution in [3.63, 3.8) is 0 Å². The quantitative estimate of drug-likeness (QED) is 0.706. The predicted octanol–water partition coefficient (Wildman–Crippen LogP) is 1.48. The van der Waals surface area contributed by atoms with Crippen LogP contribution in [0.5, 0.6) is 0 Å². The number of hydrogen-bond donors (Lipinski definition) is 2. The summed E-state index contributed by atoms with van der Waals surface area (Å²) >= 11 is 0. The lowest BCUT2D eigenvalue weighted by Crippen LogP contribution is -2.28. The van der Waals surface area contributed by atoms with E-state index in [1.165, 1.54) is 0 Å². The van der Waals surface area contributed by atoms with E-state index in [9.17, 15) is 9.59 Å². The topological polar surface area (TPSA) is 75.6 Å². The Morgan fingerprint density at radius 2 is 1.93 bits per heavy atom. The molecule has 0 bridgehead atoms. The summed E-state index contributed by atoms with van der Waals surface area (Å²) in [5.74, 6) is -1.00. The molecule has 5 nitrogen and oxygen atoms in total. The van der Waals surface area contributed by atoms with Crippen LogP contribution in [0.4, 0.5) is 4.79 Å². The number of alkyl carbamates (subject to hydrolysis) is 1. The van der Waals surface area contributed by atoms with Crippen molar-refractivity contribution in [2.75, 3.05) is 13.2 Å². The third-order valence-corrected chi connectivity index (χ3v) is 1.82. The van der Waals surface area contributed by atoms with Crippen LogP contribution in [-0.2, 0) is 9.53 Å². The van der Waals surface area contributed by atoms with Gasteiger partial charge in [-0.25, -0.2) is 4.79 Å². The van der Waals surface area contributed by atoms with Crippen molar-refractivity contribution in [3.8, 4) is 0 Å². The van der Waals surface area contributed by atoms with Crippen LogP contribution in [0.2, 0.25) is 0 Å². The zero-order chi connectivity index (χ0) is 11.8. The molecule has 0 saturated carbocycles. The fourth-order valence-electron chi connectivity index (χ4n) is 0.808. The monoisotopic (exact) mass is 217 g/mol. The fourth-order valence-corrected chi connectivity index (χ4v) is 0.808. The van der Waals surface area contributed by atoms with E-state index in [1.807, 2.05) is 13.8 Å². The van der Waals surface area contributed by atoms with E-state index in [4.69, 9.17) is 9.84 Å². The molecule has 0 aromatic heterocycles. The molecule has 0 radical (unpaired) electrons. The predicted molar refractivity (Wildman–Crippen MR) is 55.6 cm³/mol. The number of carbonyl (C=O) groups is 2. The lowest BCUT2D eigenvalue weighted by molar-refractivity contribution is -0.141. The van der Waals surface area contributed by atoms with Crippen LogP contribution >= 0.6 is 0 Å². The van der Waals surface area contributed by atoms with Crippen LogP contribution in [-0.4, -0.2) is 30.3 Å². The van der Waals surface area contributed by atoms with Gasteiger partial charge in [0.25, 0.3) is 0 Å². The van der Waals surface area contributed by atoms with Crippen LogP contribution in [0.1, 0.15) is 27.2 Å². The third-order valence-electron chi connectivity index (χ3n) is 1.82. The first-order valence-electron chi connectivity index (χ1n) is 5.07. The zero-order valence-electron chi connectivity index (χ0n) is 9.45. The highest BCUT2D eigenvalue weighted by Crippen LogP contribution is 1.99. The summed E-state index contributed by atoms with van der Waals surface area (Å²) in [5, 5.41) is 11.1. The summed E-state index contributed by atoms with van der Waals surface area (Å²) in [4.78, 5) is 21.5. The van der Waals surface area contributed by atoms with Crippen molar-refractivity contribution in [1.29, 1.82) is 0 Å². The molecule has 0 aliphatic carbocycles. The minimum Gasteiger partial charge on any atom is -0.481 e. The van der Waals surface area contributed by atoms with Crippen LogP contribution in [0.3, 0.4) is 0 Å². The Labute approximate surface area is 89.8 Å². The van der Waals surface area contributed by atoms with Gasteiger partial charge in [-0.3, -0.25) is 4.79 Å². The van der Waals surface area contributed by atoms with Crippen LogP contribution in [0.25, 0.3) is 0 Å². The molecule has 0 heterocycles. The fraction of sp³-hybridized carbons (Fsp3) is 0.800. The van der Waals surface area contributed by atoms with Gasteiger partial charge in [-0.1, -0.05) is 20.8 Å². The molecule has 0 aliphatic heterocycles. The van der Waals surface area contributed by atoms with Crippen molar-refractivity contribution in [2.24, 2.45) is 11.8 Å². The number of nitrogens with one attached hydrogen (secondary N) is 1. The number of hydrogen-bond acceptors (Lipinski definition) is 3. The van der Waals surface area contributed by atoms with E-state index in [2.05, 4.69) is 5.32 Å². The van der Waals surface area contributed by atoms with Crippen molar-refractivity contribution < 1.29 is 19.4 Å². The Bertz CT molecular complexity index is 215. The molecule has 0 spiro atoms. The number of carbonyl (C=O) groups excluding carboxylic acids is 1. The number of amides is 1. The molecule has 1 atom stereocenters. The van der Waals surface area contributed by atoms with E-state index in [-0.39, 0.29) is 0 Å². The summed E-state index contributed by atoms with van der Waals surface area (Å²) in [6.07, 6.45) is -0.0761. The Morgan fingerprint density at radius 3 is 2.40 bits per heavy atom. The maximum atomic E-state index is 11.0. The second kappa shape index (κ2) is 7.09. The van der Waals surface area contributed by atoms with Gasteiger partial charge in [0.05, 0.1) is 12.5 Å². The van der Waals surface area contributed by atoms with Crippen LogP contribution in [0.15, 0.2) is 0 Å². The average molecular weight is 217 g/mol. The second-order valence-electron chi connectivity index (χ2n) is 3.95. The van der Waals surface area contributed by atoms with Gasteiger partial charge in [0, 0.05) is 6.54 Å². The second-order valence-corrected chi connectivity index (χ2v) is 3.95. The van der Waals surface area contributed by atoms with E-state index < -0.39 is 18.0 Å². The number of carboxylic acids is 1. The van der Waals surface area contributed by atoms with Gasteiger partial charge in [-0.2, -0.15) is 0 Å². The minimum absolute atomic E-state index is 0.300. The van der Waals surface area contributed by atoms with Crippen LogP contribution in [0, 0.1) is 11.8 Å². The Kier molecular flexibility index (Phi) is 6.49. The molecule has 0 fully saturated rings. The molecule has 1 amide bonds. The zero-order valence-corrected chi connectivity index (χ0v) is 9.45. The normalized spacial score (nSPS) is 12.3. The summed E-state index contributed by atoms with van der Waals surface area (Å²) in [5.41, 5.74) is 0. The van der Waals surface area contributed by atoms with Crippen molar-refractivity contribution in [2.45, 2.75) is 27.2 Å². The van der Waals surface area contributed by atoms with Gasteiger partial charge in [-0.05, 0) is 12.3 Å². The van der Waals surface area contributed by atoms with E-state index in [0.29, 0.717) is 25.5 Å². The van der Waals surface area contributed by atoms with Gasteiger partial charge >= 0.3 is 12.1 Å². The van der Waals surface area contributed by atoms with Gasteiger partial charge in [0.15, 0.2) is 0 Å². The summed E-state index contributed by atoms with van der Waals surface area (Å²) in [7, 11) is 0.